The number of ether oxygens (including phenoxy) is 1. The Morgan fingerprint density at radius 2 is 1.54 bits per heavy atom. The Balaban J connectivity index is 2.23. The largest absolute Gasteiger partial charge is 0.473 e. The summed E-state index contributed by atoms with van der Waals surface area (Å²) in [6, 6.07) is 0. The third kappa shape index (κ3) is 2.47. The summed E-state index contributed by atoms with van der Waals surface area (Å²) in [5.74, 6) is 0.819. The van der Waals surface area contributed by atoms with Gasteiger partial charge in [0.15, 0.2) is 0 Å². The highest BCUT2D eigenvalue weighted by Crippen LogP contribution is 2.51. The Kier molecular flexibility index (Phi) is 5.00. The molecule has 2 nitrogen and oxygen atoms in total. The molecule has 24 heavy (non-hydrogen) atoms. The van der Waals surface area contributed by atoms with Crippen LogP contribution in [0.15, 0.2) is 29.1 Å². The lowest BCUT2D eigenvalue weighted by atomic mass is 9.79. The Morgan fingerprint density at radius 1 is 0.917 bits per heavy atom. The van der Waals surface area contributed by atoms with Gasteiger partial charge in [-0.1, -0.05) is 63.7 Å². The quantitative estimate of drug-likeness (QED) is 0.335. The van der Waals surface area contributed by atoms with Crippen LogP contribution in [0.4, 0.5) is 0 Å². The fraction of sp³-hybridized carbons (Fsp3) is 0.389. The second-order valence-corrected chi connectivity index (χ2v) is 9.49. The van der Waals surface area contributed by atoms with Crippen LogP contribution in [0.5, 0.6) is 5.75 Å². The van der Waals surface area contributed by atoms with Crippen LogP contribution in [0.25, 0.3) is 0 Å². The number of fused-ring (bicyclic) bond motifs is 1. The van der Waals surface area contributed by atoms with Gasteiger partial charge in [0.05, 0.1) is 4.48 Å². The summed E-state index contributed by atoms with van der Waals surface area (Å²) in [6.07, 6.45) is 1.40. The van der Waals surface area contributed by atoms with E-state index in [0.717, 1.165) is 52.3 Å². The highest BCUT2D eigenvalue weighted by Gasteiger charge is 2.50. The van der Waals surface area contributed by atoms with Crippen molar-refractivity contribution in [3.8, 4) is 5.75 Å². The molecule has 1 aliphatic heterocycles. The molecule has 128 valence electrons. The van der Waals surface area contributed by atoms with Crippen molar-refractivity contribution in [2.75, 3.05) is 0 Å². The van der Waals surface area contributed by atoms with E-state index in [1.54, 1.807) is 0 Å². The topological polar surface area (TPSA) is 26.3 Å². The molecular formula is C18H16Br4O2. The molecular weight excluding hydrogens is 568 g/mol. The molecule has 1 spiro atoms. The molecule has 2 aliphatic rings. The van der Waals surface area contributed by atoms with Crippen molar-refractivity contribution in [2.24, 2.45) is 0 Å². The molecule has 1 aromatic carbocycles. The Hall–Kier alpha value is 0.0900. The predicted octanol–water partition coefficient (Wildman–Crippen LogP) is 6.81. The molecule has 0 aromatic heterocycles. The number of ketones is 1. The van der Waals surface area contributed by atoms with Crippen LogP contribution in [0.3, 0.4) is 0 Å². The highest BCUT2D eigenvalue weighted by atomic mass is 79.9. The van der Waals surface area contributed by atoms with Crippen LogP contribution in [-0.4, -0.2) is 11.4 Å². The van der Waals surface area contributed by atoms with Crippen LogP contribution in [0, 0.1) is 13.8 Å². The van der Waals surface area contributed by atoms with Gasteiger partial charge in [-0.2, -0.15) is 0 Å². The van der Waals surface area contributed by atoms with Crippen LogP contribution in [-0.2, 0) is 11.2 Å². The predicted molar refractivity (Wildman–Crippen MR) is 111 cm³/mol. The molecule has 0 N–H and O–H groups in total. The van der Waals surface area contributed by atoms with E-state index in [0.29, 0.717) is 12.0 Å². The third-order valence-electron chi connectivity index (χ3n) is 4.92. The first-order chi connectivity index (χ1) is 11.1. The van der Waals surface area contributed by atoms with E-state index >= 15 is 0 Å². The van der Waals surface area contributed by atoms with Gasteiger partial charge in [-0.05, 0) is 45.3 Å². The van der Waals surface area contributed by atoms with Crippen LogP contribution < -0.4 is 4.74 Å². The van der Waals surface area contributed by atoms with Crippen molar-refractivity contribution >= 4 is 69.5 Å². The average Bonchev–Trinajstić information content (AvgIpc) is 2.59. The lowest BCUT2D eigenvalue weighted by molar-refractivity contribution is -0.128. The fourth-order valence-corrected chi connectivity index (χ4v) is 5.94. The standard InChI is InChI=1S/C18H16Br4O2/c1-7-12(19)8(2)15-11(14(7)21)5-6-18(24-15)16(22)9(3)13(20)10(4)17(18)23/h5-6H2,1-4H3. The molecule has 0 bridgehead atoms. The van der Waals surface area contributed by atoms with E-state index in [1.165, 1.54) is 0 Å². The van der Waals surface area contributed by atoms with Gasteiger partial charge in [-0.15, -0.1) is 0 Å². The summed E-state index contributed by atoms with van der Waals surface area (Å²) in [5.41, 5.74) is 4.08. The molecule has 1 aliphatic carbocycles. The third-order valence-corrected chi connectivity index (χ3v) is 9.61. The lowest BCUT2D eigenvalue weighted by Crippen LogP contribution is -2.50. The van der Waals surface area contributed by atoms with E-state index < -0.39 is 5.60 Å². The molecule has 1 atom stereocenters. The minimum Gasteiger partial charge on any atom is -0.473 e. The van der Waals surface area contributed by atoms with E-state index in [4.69, 9.17) is 4.74 Å². The van der Waals surface area contributed by atoms with Crippen LogP contribution in [0.2, 0.25) is 0 Å². The summed E-state index contributed by atoms with van der Waals surface area (Å²) in [6.45, 7) is 7.95. The van der Waals surface area contributed by atoms with Crippen LogP contribution >= 0.6 is 63.7 Å². The molecule has 0 fully saturated rings. The number of benzene rings is 1. The highest BCUT2D eigenvalue weighted by molar-refractivity contribution is 9.12. The van der Waals surface area contributed by atoms with Crippen molar-refractivity contribution in [2.45, 2.75) is 46.1 Å². The second-order valence-electron chi connectivity index (χ2n) is 6.32. The van der Waals surface area contributed by atoms with Crippen molar-refractivity contribution in [1.82, 2.24) is 0 Å². The molecule has 0 saturated heterocycles. The maximum atomic E-state index is 13.1. The molecule has 0 amide bonds. The smallest absolute Gasteiger partial charge is 0.208 e. The van der Waals surface area contributed by atoms with Gasteiger partial charge >= 0.3 is 0 Å². The van der Waals surface area contributed by atoms with Gasteiger partial charge in [-0.3, -0.25) is 4.79 Å². The molecule has 3 rings (SSSR count). The summed E-state index contributed by atoms with van der Waals surface area (Å²) in [7, 11) is 0. The molecule has 0 radical (unpaired) electrons. The summed E-state index contributed by atoms with van der Waals surface area (Å²) in [5, 5.41) is 0. The first kappa shape index (κ1) is 18.9. The maximum Gasteiger partial charge on any atom is 0.208 e. The number of carbonyl (C=O) groups is 1. The van der Waals surface area contributed by atoms with Gasteiger partial charge in [0.1, 0.15) is 5.75 Å². The molecule has 1 heterocycles. The number of hydrogen-bond acceptors (Lipinski definition) is 2. The molecule has 6 heteroatoms. The lowest BCUT2D eigenvalue weighted by Gasteiger charge is -2.41. The van der Waals surface area contributed by atoms with E-state index in [-0.39, 0.29) is 5.78 Å². The Bertz CT molecular complexity index is 851. The number of rotatable bonds is 0. The first-order valence-electron chi connectivity index (χ1n) is 7.58. The van der Waals surface area contributed by atoms with Crippen molar-refractivity contribution < 1.29 is 9.53 Å². The van der Waals surface area contributed by atoms with Crippen molar-refractivity contribution in [1.29, 1.82) is 0 Å². The molecule has 0 saturated carbocycles. The van der Waals surface area contributed by atoms with Crippen molar-refractivity contribution in [3.63, 3.8) is 0 Å². The minimum absolute atomic E-state index is 0.0183. The van der Waals surface area contributed by atoms with E-state index in [2.05, 4.69) is 70.6 Å². The zero-order valence-corrected chi connectivity index (χ0v) is 20.1. The Labute approximate surface area is 175 Å². The van der Waals surface area contributed by atoms with Gasteiger partial charge in [0.25, 0.3) is 0 Å². The van der Waals surface area contributed by atoms with E-state index in [9.17, 15) is 4.79 Å². The fourth-order valence-electron chi connectivity index (χ4n) is 3.41. The number of allylic oxidation sites excluding steroid dienone is 2. The normalized spacial score (nSPS) is 23.8. The number of carbonyl (C=O) groups excluding carboxylic acids is 1. The zero-order chi connectivity index (χ0) is 18.0. The molecule has 1 unspecified atom stereocenters. The first-order valence-corrected chi connectivity index (χ1v) is 10.7. The second kappa shape index (κ2) is 6.36. The molecule has 1 aromatic rings. The minimum atomic E-state index is -0.961. The van der Waals surface area contributed by atoms with Crippen LogP contribution in [0.1, 0.15) is 37.0 Å². The van der Waals surface area contributed by atoms with E-state index in [1.807, 2.05) is 20.8 Å². The summed E-state index contributed by atoms with van der Waals surface area (Å²) in [4.78, 5) is 13.1. The summed E-state index contributed by atoms with van der Waals surface area (Å²) < 4.78 is 10.2. The maximum absolute atomic E-state index is 13.1. The van der Waals surface area contributed by atoms with Gasteiger partial charge < -0.3 is 4.74 Å². The summed E-state index contributed by atoms with van der Waals surface area (Å²) >= 11 is 14.5. The van der Waals surface area contributed by atoms with Gasteiger partial charge in [0.2, 0.25) is 11.4 Å². The zero-order valence-electron chi connectivity index (χ0n) is 13.7. The average molecular weight is 584 g/mol. The SMILES string of the molecule is CC1=C(Br)C(C)=C(Br)C2(CCc3c(Br)c(C)c(Br)c(C)c3O2)C1=O. The van der Waals surface area contributed by atoms with Crippen molar-refractivity contribution in [3.05, 3.63) is 45.7 Å². The number of Topliss-reactive ketones (excluding diaryl/α,β-unsaturated/α-hetero) is 1. The number of halogens is 4. The van der Waals surface area contributed by atoms with Gasteiger partial charge in [0, 0.05) is 36.5 Å². The number of hydrogen-bond donors (Lipinski definition) is 0. The van der Waals surface area contributed by atoms with Gasteiger partial charge in [-0.25, -0.2) is 0 Å². The Morgan fingerprint density at radius 3 is 2.17 bits per heavy atom. The monoisotopic (exact) mass is 580 g/mol.